The second kappa shape index (κ2) is 5.53. The quantitative estimate of drug-likeness (QED) is 0.873. The van der Waals surface area contributed by atoms with Crippen LogP contribution in [0.3, 0.4) is 0 Å². The predicted molar refractivity (Wildman–Crippen MR) is 69.9 cm³/mol. The Morgan fingerprint density at radius 3 is 2.81 bits per heavy atom. The molecule has 1 heterocycles. The van der Waals surface area contributed by atoms with Gasteiger partial charge in [-0.3, -0.25) is 0 Å². The average Bonchev–Trinajstić information content (AvgIpc) is 2.78. The van der Waals surface area contributed by atoms with Crippen LogP contribution < -0.4 is 5.32 Å². The zero-order chi connectivity index (χ0) is 11.4. The molecule has 4 heteroatoms. The summed E-state index contributed by atoms with van der Waals surface area (Å²) in [4.78, 5) is 8.94. The Morgan fingerprint density at radius 1 is 1.38 bits per heavy atom. The third kappa shape index (κ3) is 3.11. The monoisotopic (exact) mass is 237 g/mol. The lowest BCUT2D eigenvalue weighted by molar-refractivity contribution is 0.886. The minimum Gasteiger partial charge on any atom is -0.373 e. The molecule has 1 fully saturated rings. The third-order valence-electron chi connectivity index (χ3n) is 2.91. The minimum absolute atomic E-state index is 0.835. The molecule has 0 aromatic carbocycles. The molecular weight excluding hydrogens is 218 g/mol. The van der Waals surface area contributed by atoms with Gasteiger partial charge in [-0.15, -0.1) is 0 Å². The number of nitrogens with one attached hydrogen (secondary N) is 1. The first-order chi connectivity index (χ1) is 7.78. The molecule has 0 unspecified atom stereocenters. The van der Waals surface area contributed by atoms with Crippen LogP contribution in [0.15, 0.2) is 6.07 Å². The highest BCUT2D eigenvalue weighted by atomic mass is 32.2. The van der Waals surface area contributed by atoms with Crippen LogP contribution in [0.4, 0.5) is 5.82 Å². The van der Waals surface area contributed by atoms with Crippen molar-refractivity contribution in [1.29, 1.82) is 0 Å². The lowest BCUT2D eigenvalue weighted by Crippen LogP contribution is -2.02. The van der Waals surface area contributed by atoms with Crippen molar-refractivity contribution in [2.24, 2.45) is 0 Å². The summed E-state index contributed by atoms with van der Waals surface area (Å²) in [6.07, 6.45) is 5.53. The van der Waals surface area contributed by atoms with Crippen LogP contribution in [0.1, 0.15) is 37.2 Å². The molecule has 1 aromatic heterocycles. The van der Waals surface area contributed by atoms with E-state index in [2.05, 4.69) is 15.3 Å². The fraction of sp³-hybridized carbons (Fsp3) is 0.667. The highest BCUT2D eigenvalue weighted by molar-refractivity contribution is 7.99. The highest BCUT2D eigenvalue weighted by Crippen LogP contribution is 2.31. The fourth-order valence-electron chi connectivity index (χ4n) is 2.07. The average molecular weight is 237 g/mol. The Hall–Kier alpha value is -0.770. The zero-order valence-electron chi connectivity index (χ0n) is 9.99. The van der Waals surface area contributed by atoms with Crippen LogP contribution >= 0.6 is 11.8 Å². The molecular formula is C12H19N3S. The first kappa shape index (κ1) is 11.7. The van der Waals surface area contributed by atoms with Gasteiger partial charge in [0, 0.05) is 24.1 Å². The van der Waals surface area contributed by atoms with Crippen LogP contribution in [0.25, 0.3) is 0 Å². The van der Waals surface area contributed by atoms with Crippen molar-refractivity contribution in [3.8, 4) is 0 Å². The van der Waals surface area contributed by atoms with Gasteiger partial charge in [0.25, 0.3) is 0 Å². The van der Waals surface area contributed by atoms with Gasteiger partial charge in [-0.05, 0) is 19.8 Å². The molecule has 88 valence electrons. The summed E-state index contributed by atoms with van der Waals surface area (Å²) >= 11 is 2.01. The second-order valence-electron chi connectivity index (χ2n) is 4.28. The molecule has 1 aliphatic rings. The number of hydrogen-bond acceptors (Lipinski definition) is 4. The number of aromatic nitrogens is 2. The molecule has 16 heavy (non-hydrogen) atoms. The summed E-state index contributed by atoms with van der Waals surface area (Å²) in [6, 6.07) is 1.98. The first-order valence-electron chi connectivity index (χ1n) is 5.92. The summed E-state index contributed by atoms with van der Waals surface area (Å²) in [5, 5.41) is 3.91. The molecule has 0 bridgehead atoms. The van der Waals surface area contributed by atoms with E-state index in [1.165, 1.54) is 25.7 Å². The van der Waals surface area contributed by atoms with Gasteiger partial charge in [-0.2, -0.15) is 11.8 Å². The number of aryl methyl sites for hydroxylation is 1. The van der Waals surface area contributed by atoms with Crippen LogP contribution in [0.5, 0.6) is 0 Å². The number of anilines is 1. The van der Waals surface area contributed by atoms with Crippen molar-refractivity contribution in [3.63, 3.8) is 0 Å². The van der Waals surface area contributed by atoms with Gasteiger partial charge in [0.1, 0.15) is 11.6 Å². The molecule has 1 N–H and O–H groups in total. The fourth-order valence-corrected chi connectivity index (χ4v) is 3.25. The van der Waals surface area contributed by atoms with Crippen molar-refractivity contribution >= 4 is 17.6 Å². The highest BCUT2D eigenvalue weighted by Gasteiger charge is 2.15. The van der Waals surface area contributed by atoms with E-state index in [4.69, 9.17) is 0 Å². The maximum Gasteiger partial charge on any atom is 0.140 e. The Bertz CT molecular complexity index is 348. The molecule has 0 saturated heterocycles. The molecule has 0 spiro atoms. The van der Waals surface area contributed by atoms with Gasteiger partial charge < -0.3 is 5.32 Å². The Morgan fingerprint density at radius 2 is 2.12 bits per heavy atom. The third-order valence-corrected chi connectivity index (χ3v) is 4.27. The number of rotatable bonds is 4. The number of thioether (sulfide) groups is 1. The number of hydrogen-bond donors (Lipinski definition) is 1. The lowest BCUT2D eigenvalue weighted by atomic mass is 10.4. The maximum atomic E-state index is 4.47. The van der Waals surface area contributed by atoms with Crippen LogP contribution in [0, 0.1) is 6.92 Å². The zero-order valence-corrected chi connectivity index (χ0v) is 10.8. The summed E-state index contributed by atoms with van der Waals surface area (Å²) < 4.78 is 0. The van der Waals surface area contributed by atoms with E-state index in [-0.39, 0.29) is 0 Å². The standard InChI is InChI=1S/C12H19N3S/c1-9-7-11(13-2)15-12(14-9)8-16-10-5-3-4-6-10/h7,10H,3-6,8H2,1-2H3,(H,13,14,15). The summed E-state index contributed by atoms with van der Waals surface area (Å²) in [7, 11) is 1.90. The number of nitrogens with zero attached hydrogens (tertiary/aromatic N) is 2. The molecule has 2 rings (SSSR count). The van der Waals surface area contributed by atoms with E-state index >= 15 is 0 Å². The Balaban J connectivity index is 1.94. The van der Waals surface area contributed by atoms with E-state index < -0.39 is 0 Å². The molecule has 0 aliphatic heterocycles. The van der Waals surface area contributed by atoms with Crippen molar-refractivity contribution in [3.05, 3.63) is 17.6 Å². The van der Waals surface area contributed by atoms with E-state index in [1.54, 1.807) is 0 Å². The summed E-state index contributed by atoms with van der Waals surface area (Å²) in [5.41, 5.74) is 1.04. The molecule has 0 amide bonds. The summed E-state index contributed by atoms with van der Waals surface area (Å²) in [6.45, 7) is 2.02. The second-order valence-corrected chi connectivity index (χ2v) is 5.57. The molecule has 1 saturated carbocycles. The molecule has 1 aromatic rings. The van der Waals surface area contributed by atoms with Crippen molar-refractivity contribution in [2.75, 3.05) is 12.4 Å². The van der Waals surface area contributed by atoms with Gasteiger partial charge in [0.2, 0.25) is 0 Å². The van der Waals surface area contributed by atoms with Crippen molar-refractivity contribution in [1.82, 2.24) is 9.97 Å². The SMILES string of the molecule is CNc1cc(C)nc(CSC2CCCC2)n1. The van der Waals surface area contributed by atoms with Gasteiger partial charge >= 0.3 is 0 Å². The van der Waals surface area contributed by atoms with Crippen LogP contribution in [0.2, 0.25) is 0 Å². The van der Waals surface area contributed by atoms with Crippen LogP contribution in [-0.4, -0.2) is 22.3 Å². The molecule has 3 nitrogen and oxygen atoms in total. The summed E-state index contributed by atoms with van der Waals surface area (Å²) in [5.74, 6) is 2.83. The predicted octanol–water partition coefficient (Wildman–Crippen LogP) is 3.00. The maximum absolute atomic E-state index is 4.47. The van der Waals surface area contributed by atoms with Gasteiger partial charge in [0.05, 0.1) is 5.75 Å². The van der Waals surface area contributed by atoms with Gasteiger partial charge in [-0.25, -0.2) is 9.97 Å². The molecule has 0 atom stereocenters. The van der Waals surface area contributed by atoms with E-state index in [0.29, 0.717) is 0 Å². The van der Waals surface area contributed by atoms with E-state index in [1.807, 2.05) is 31.8 Å². The smallest absolute Gasteiger partial charge is 0.140 e. The molecule has 1 aliphatic carbocycles. The first-order valence-corrected chi connectivity index (χ1v) is 6.96. The minimum atomic E-state index is 0.835. The van der Waals surface area contributed by atoms with E-state index in [0.717, 1.165) is 28.3 Å². The van der Waals surface area contributed by atoms with Gasteiger partial charge in [0.15, 0.2) is 0 Å². The Labute approximate surface area is 101 Å². The van der Waals surface area contributed by atoms with Crippen molar-refractivity contribution < 1.29 is 0 Å². The van der Waals surface area contributed by atoms with Crippen molar-refractivity contribution in [2.45, 2.75) is 43.6 Å². The lowest BCUT2D eigenvalue weighted by Gasteiger charge is -2.09. The largest absolute Gasteiger partial charge is 0.373 e. The normalized spacial score (nSPS) is 16.6. The molecule has 0 radical (unpaired) electrons. The van der Waals surface area contributed by atoms with Gasteiger partial charge in [-0.1, -0.05) is 12.8 Å². The van der Waals surface area contributed by atoms with E-state index in [9.17, 15) is 0 Å². The van der Waals surface area contributed by atoms with Crippen LogP contribution in [-0.2, 0) is 5.75 Å². The topological polar surface area (TPSA) is 37.8 Å². The Kier molecular flexibility index (Phi) is 4.04.